The van der Waals surface area contributed by atoms with Crippen molar-refractivity contribution in [3.05, 3.63) is 40.8 Å². The summed E-state index contributed by atoms with van der Waals surface area (Å²) in [5.41, 5.74) is 2.87. The van der Waals surface area contributed by atoms with Gasteiger partial charge < -0.3 is 4.52 Å². The topological polar surface area (TPSA) is 72.2 Å². The predicted octanol–water partition coefficient (Wildman–Crippen LogP) is 2.98. The molecule has 1 aromatic carbocycles. The third-order valence-electron chi connectivity index (χ3n) is 3.38. The van der Waals surface area contributed by atoms with Crippen molar-refractivity contribution in [1.29, 1.82) is 0 Å². The number of hydrogen-bond donors (Lipinski definition) is 1. The average Bonchev–Trinajstić information content (AvgIpc) is 2.79. The molecule has 0 radical (unpaired) electrons. The number of rotatable bonds is 6. The Morgan fingerprint density at radius 1 is 1.18 bits per heavy atom. The van der Waals surface area contributed by atoms with Crippen LogP contribution in [0.25, 0.3) is 0 Å². The Balaban J connectivity index is 1.92. The molecule has 1 aromatic heterocycles. The fourth-order valence-corrected chi connectivity index (χ4v) is 4.43. The van der Waals surface area contributed by atoms with Gasteiger partial charge in [0.15, 0.2) is 5.76 Å². The van der Waals surface area contributed by atoms with E-state index >= 15 is 0 Å². The third kappa shape index (κ3) is 3.91. The summed E-state index contributed by atoms with van der Waals surface area (Å²) >= 11 is 1.62. The fraction of sp³-hybridized carbons (Fsp3) is 0.400. The summed E-state index contributed by atoms with van der Waals surface area (Å²) in [6.45, 7) is 7.71. The molecule has 0 spiro atoms. The minimum absolute atomic E-state index is 0.142. The third-order valence-corrected chi connectivity index (χ3v) is 6.08. The summed E-state index contributed by atoms with van der Waals surface area (Å²) < 4.78 is 31.9. The van der Waals surface area contributed by atoms with Crippen LogP contribution in [0.2, 0.25) is 0 Å². The molecule has 2 rings (SSSR count). The van der Waals surface area contributed by atoms with Crippen molar-refractivity contribution in [3.8, 4) is 0 Å². The van der Waals surface area contributed by atoms with Gasteiger partial charge in [-0.1, -0.05) is 11.2 Å². The maximum absolute atomic E-state index is 12.2. The van der Waals surface area contributed by atoms with E-state index in [2.05, 4.69) is 41.9 Å². The van der Waals surface area contributed by atoms with Crippen molar-refractivity contribution in [2.75, 3.05) is 12.3 Å². The molecule has 7 heteroatoms. The number of hydrogen-bond acceptors (Lipinski definition) is 5. The van der Waals surface area contributed by atoms with Crippen molar-refractivity contribution in [1.82, 2.24) is 9.88 Å². The highest BCUT2D eigenvalue weighted by Crippen LogP contribution is 2.21. The van der Waals surface area contributed by atoms with Crippen LogP contribution in [0.15, 0.2) is 32.5 Å². The fourth-order valence-electron chi connectivity index (χ4n) is 2.08. The lowest BCUT2D eigenvalue weighted by Crippen LogP contribution is -2.26. The first kappa shape index (κ1) is 17.1. The molecule has 0 aliphatic carbocycles. The maximum atomic E-state index is 12.2. The number of aromatic nitrogens is 1. The van der Waals surface area contributed by atoms with Crippen LogP contribution in [0.4, 0.5) is 0 Å². The first-order valence-electron chi connectivity index (χ1n) is 6.94. The highest BCUT2D eigenvalue weighted by Gasteiger charge is 2.23. The molecule has 1 N–H and O–H groups in total. The quantitative estimate of drug-likeness (QED) is 0.646. The van der Waals surface area contributed by atoms with Gasteiger partial charge >= 0.3 is 0 Å². The zero-order chi connectivity index (χ0) is 16.3. The summed E-state index contributed by atoms with van der Waals surface area (Å²) in [7, 11) is -3.57. The van der Waals surface area contributed by atoms with Gasteiger partial charge in [0.1, 0.15) is 10.6 Å². The first-order chi connectivity index (χ1) is 10.3. The van der Waals surface area contributed by atoms with E-state index in [4.69, 9.17) is 4.52 Å². The van der Waals surface area contributed by atoms with E-state index in [-0.39, 0.29) is 4.90 Å². The summed E-state index contributed by atoms with van der Waals surface area (Å²) in [6, 6.07) is 6.24. The SMILES string of the molecule is Cc1ccc(SCCNS(=O)(=O)c2c(C)noc2C)cc1C. The van der Waals surface area contributed by atoms with Crippen LogP contribution in [-0.2, 0) is 10.0 Å². The van der Waals surface area contributed by atoms with Gasteiger partial charge in [-0.25, -0.2) is 13.1 Å². The van der Waals surface area contributed by atoms with Crippen LogP contribution in [0.3, 0.4) is 0 Å². The minimum Gasteiger partial charge on any atom is -0.360 e. The van der Waals surface area contributed by atoms with Gasteiger partial charge in [-0.3, -0.25) is 0 Å². The highest BCUT2D eigenvalue weighted by molar-refractivity contribution is 7.99. The number of benzene rings is 1. The first-order valence-corrected chi connectivity index (χ1v) is 9.41. The van der Waals surface area contributed by atoms with Gasteiger partial charge in [-0.15, -0.1) is 11.8 Å². The van der Waals surface area contributed by atoms with Crippen LogP contribution in [0, 0.1) is 27.7 Å². The second-order valence-electron chi connectivity index (χ2n) is 5.15. The zero-order valence-corrected chi connectivity index (χ0v) is 14.8. The minimum atomic E-state index is -3.57. The van der Waals surface area contributed by atoms with Gasteiger partial charge in [-0.05, 0) is 51.0 Å². The largest absolute Gasteiger partial charge is 0.360 e. The number of thioether (sulfide) groups is 1. The average molecular weight is 340 g/mol. The normalized spacial score (nSPS) is 11.8. The van der Waals surface area contributed by atoms with Crippen molar-refractivity contribution >= 4 is 21.8 Å². The smallest absolute Gasteiger partial charge is 0.245 e. The Labute approximate surface area is 135 Å². The van der Waals surface area contributed by atoms with Crippen molar-refractivity contribution in [2.24, 2.45) is 0 Å². The molecule has 0 saturated heterocycles. The molecule has 120 valence electrons. The molecule has 0 atom stereocenters. The standard InChI is InChI=1S/C15H20N2O3S2/c1-10-5-6-14(9-11(10)2)21-8-7-16-22(18,19)15-12(3)17-20-13(15)4/h5-6,9,16H,7-8H2,1-4H3. The van der Waals surface area contributed by atoms with E-state index in [1.165, 1.54) is 11.1 Å². The molecule has 0 saturated carbocycles. The molecular formula is C15H20N2O3S2. The van der Waals surface area contributed by atoms with Crippen LogP contribution >= 0.6 is 11.8 Å². The summed E-state index contributed by atoms with van der Waals surface area (Å²) in [5.74, 6) is 0.970. The molecule has 0 aliphatic rings. The van der Waals surface area contributed by atoms with E-state index in [1.807, 2.05) is 0 Å². The van der Waals surface area contributed by atoms with Crippen molar-refractivity contribution in [2.45, 2.75) is 37.5 Å². The molecule has 2 aromatic rings. The number of nitrogens with one attached hydrogen (secondary N) is 1. The van der Waals surface area contributed by atoms with Crippen molar-refractivity contribution in [3.63, 3.8) is 0 Å². The van der Waals surface area contributed by atoms with E-state index in [0.29, 0.717) is 23.8 Å². The van der Waals surface area contributed by atoms with E-state index in [9.17, 15) is 8.42 Å². The Morgan fingerprint density at radius 2 is 1.91 bits per heavy atom. The van der Waals surface area contributed by atoms with Crippen LogP contribution in [0.5, 0.6) is 0 Å². The summed E-state index contributed by atoms with van der Waals surface area (Å²) in [4.78, 5) is 1.28. The lowest BCUT2D eigenvalue weighted by Gasteiger charge is -2.07. The predicted molar refractivity (Wildman–Crippen MR) is 87.8 cm³/mol. The molecule has 0 bridgehead atoms. The molecular weight excluding hydrogens is 320 g/mol. The molecule has 1 heterocycles. The Bertz CT molecular complexity index is 748. The number of aryl methyl sites for hydroxylation is 4. The van der Waals surface area contributed by atoms with Crippen molar-refractivity contribution < 1.29 is 12.9 Å². The lowest BCUT2D eigenvalue weighted by atomic mass is 10.1. The molecule has 0 fully saturated rings. The molecule has 0 amide bonds. The Hall–Kier alpha value is -1.31. The monoisotopic (exact) mass is 340 g/mol. The highest BCUT2D eigenvalue weighted by atomic mass is 32.2. The number of nitrogens with zero attached hydrogens (tertiary/aromatic N) is 1. The summed E-state index contributed by atoms with van der Waals surface area (Å²) in [6.07, 6.45) is 0. The Kier molecular flexibility index (Phi) is 5.31. The summed E-state index contributed by atoms with van der Waals surface area (Å²) in [5, 5.41) is 3.68. The number of sulfonamides is 1. The molecule has 5 nitrogen and oxygen atoms in total. The van der Waals surface area contributed by atoms with E-state index in [0.717, 1.165) is 4.90 Å². The van der Waals surface area contributed by atoms with Gasteiger partial charge in [0.25, 0.3) is 0 Å². The van der Waals surface area contributed by atoms with Gasteiger partial charge in [-0.2, -0.15) is 0 Å². The maximum Gasteiger partial charge on any atom is 0.245 e. The second-order valence-corrected chi connectivity index (χ2v) is 8.02. The van der Waals surface area contributed by atoms with Gasteiger partial charge in [0, 0.05) is 17.2 Å². The molecule has 0 unspecified atom stereocenters. The zero-order valence-electron chi connectivity index (χ0n) is 13.1. The molecule has 0 aliphatic heterocycles. The van der Waals surface area contributed by atoms with Crippen LogP contribution in [-0.4, -0.2) is 25.9 Å². The Morgan fingerprint density at radius 3 is 2.50 bits per heavy atom. The van der Waals surface area contributed by atoms with Gasteiger partial charge in [0.2, 0.25) is 10.0 Å². The second kappa shape index (κ2) is 6.85. The van der Waals surface area contributed by atoms with Crippen LogP contribution < -0.4 is 4.72 Å². The molecule has 22 heavy (non-hydrogen) atoms. The van der Waals surface area contributed by atoms with E-state index < -0.39 is 10.0 Å². The lowest BCUT2D eigenvalue weighted by molar-refractivity contribution is 0.390. The van der Waals surface area contributed by atoms with Gasteiger partial charge in [0.05, 0.1) is 0 Å². The van der Waals surface area contributed by atoms with Crippen LogP contribution in [0.1, 0.15) is 22.6 Å². The van der Waals surface area contributed by atoms with E-state index in [1.54, 1.807) is 25.6 Å².